The zero-order valence-electron chi connectivity index (χ0n) is 18.7. The van der Waals surface area contributed by atoms with Crippen molar-refractivity contribution in [2.24, 2.45) is 11.8 Å². The Hall–Kier alpha value is -2.87. The van der Waals surface area contributed by atoms with E-state index in [1.807, 2.05) is 35.9 Å². The van der Waals surface area contributed by atoms with Crippen molar-refractivity contribution < 1.29 is 4.74 Å². The lowest BCUT2D eigenvalue weighted by atomic mass is 9.92. The van der Waals surface area contributed by atoms with E-state index in [1.165, 1.54) is 12.8 Å². The van der Waals surface area contributed by atoms with Crippen LogP contribution in [0.25, 0.3) is 0 Å². The molecule has 1 aromatic carbocycles. The summed E-state index contributed by atoms with van der Waals surface area (Å²) in [5, 5.41) is 9.20. The van der Waals surface area contributed by atoms with Gasteiger partial charge in [0.2, 0.25) is 5.95 Å². The number of fused-ring (bicyclic) bond motifs is 3. The van der Waals surface area contributed by atoms with E-state index in [2.05, 4.69) is 26.3 Å². The molecule has 33 heavy (non-hydrogen) atoms. The van der Waals surface area contributed by atoms with Crippen LogP contribution in [0.5, 0.6) is 5.75 Å². The quantitative estimate of drug-likeness (QED) is 0.602. The summed E-state index contributed by atoms with van der Waals surface area (Å²) in [6.45, 7) is 4.90. The molecule has 4 heterocycles. The van der Waals surface area contributed by atoms with Crippen LogP contribution >= 0.6 is 11.6 Å². The summed E-state index contributed by atoms with van der Waals surface area (Å²) < 4.78 is 8.25. The second-order valence-corrected chi connectivity index (χ2v) is 9.85. The predicted octanol–water partition coefficient (Wildman–Crippen LogP) is 4.27. The Morgan fingerprint density at radius 2 is 1.85 bits per heavy atom. The maximum atomic E-state index is 6.24. The molecule has 4 atom stereocenters. The van der Waals surface area contributed by atoms with Crippen molar-refractivity contribution in [3.05, 3.63) is 53.2 Å². The molecule has 0 amide bonds. The van der Waals surface area contributed by atoms with Crippen LogP contribution in [0.2, 0.25) is 5.02 Å². The van der Waals surface area contributed by atoms with Gasteiger partial charge in [0.15, 0.2) is 11.9 Å². The van der Waals surface area contributed by atoms with Crippen molar-refractivity contribution >= 4 is 23.4 Å². The summed E-state index contributed by atoms with van der Waals surface area (Å²) in [6.07, 6.45) is 5.97. The average molecular weight is 466 g/mol. The SMILES string of the molecule is Cc1cc(N2C[C@H]3CC[C@@H](C2)[C@@H]3Nc2nc3n(n2)CCC[C@H]3Oc2ccc(Cl)cc2)ncn1. The van der Waals surface area contributed by atoms with Gasteiger partial charge < -0.3 is 15.0 Å². The minimum absolute atomic E-state index is 0.0949. The zero-order chi connectivity index (χ0) is 22.4. The van der Waals surface area contributed by atoms with E-state index < -0.39 is 0 Å². The summed E-state index contributed by atoms with van der Waals surface area (Å²) in [6, 6.07) is 9.98. The van der Waals surface area contributed by atoms with Crippen molar-refractivity contribution in [2.45, 2.75) is 51.3 Å². The Kier molecular flexibility index (Phi) is 5.32. The van der Waals surface area contributed by atoms with E-state index in [9.17, 15) is 0 Å². The van der Waals surface area contributed by atoms with Gasteiger partial charge in [-0.05, 0) is 68.7 Å². The van der Waals surface area contributed by atoms with Gasteiger partial charge in [-0.15, -0.1) is 5.10 Å². The lowest BCUT2D eigenvalue weighted by Crippen LogP contribution is -2.48. The molecule has 2 bridgehead atoms. The third-order valence-electron chi connectivity index (χ3n) is 7.16. The number of piperidine rings is 1. The Balaban J connectivity index is 1.16. The Morgan fingerprint density at radius 1 is 1.06 bits per heavy atom. The number of nitrogens with one attached hydrogen (secondary N) is 1. The highest BCUT2D eigenvalue weighted by atomic mass is 35.5. The standard InChI is InChI=1S/C24H28ClN7O/c1-15-11-21(27-14-26-15)31-12-16-4-5-17(13-31)22(16)28-24-29-23-20(3-2-10-32(23)30-24)33-19-8-6-18(25)7-9-19/h6-9,11,14,16-17,20,22H,2-5,10,12-13H2,1H3,(H,28,30)/t16-,17+,20-,22-/m1/s1. The number of anilines is 2. The molecule has 1 N–H and O–H groups in total. The summed E-state index contributed by atoms with van der Waals surface area (Å²) in [4.78, 5) is 16.0. The first-order valence-corrected chi connectivity index (χ1v) is 12.2. The number of halogens is 1. The Labute approximate surface area is 198 Å². The highest BCUT2D eigenvalue weighted by molar-refractivity contribution is 6.30. The van der Waals surface area contributed by atoms with Gasteiger partial charge in [0.1, 0.15) is 17.9 Å². The topological polar surface area (TPSA) is 81.0 Å². The van der Waals surface area contributed by atoms with Gasteiger partial charge in [0, 0.05) is 42.5 Å². The van der Waals surface area contributed by atoms with Crippen LogP contribution in [0.4, 0.5) is 11.8 Å². The number of hydrogen-bond donors (Lipinski definition) is 1. The van der Waals surface area contributed by atoms with Gasteiger partial charge in [0.25, 0.3) is 0 Å². The summed E-state index contributed by atoms with van der Waals surface area (Å²) in [7, 11) is 0. The number of benzene rings is 1. The normalized spacial score (nSPS) is 26.2. The highest BCUT2D eigenvalue weighted by Gasteiger charge is 2.43. The molecule has 3 aliphatic rings. The zero-order valence-corrected chi connectivity index (χ0v) is 19.4. The number of rotatable bonds is 5. The molecule has 2 aromatic heterocycles. The fraction of sp³-hybridized carbons (Fsp3) is 0.500. The van der Waals surface area contributed by atoms with Crippen LogP contribution in [-0.2, 0) is 6.54 Å². The number of aryl methyl sites for hydroxylation is 2. The van der Waals surface area contributed by atoms with Gasteiger partial charge in [-0.3, -0.25) is 0 Å². The molecular formula is C24H28ClN7O. The monoisotopic (exact) mass is 465 g/mol. The number of ether oxygens (including phenoxy) is 1. The van der Waals surface area contributed by atoms with Crippen molar-refractivity contribution in [2.75, 3.05) is 23.3 Å². The van der Waals surface area contributed by atoms with Crippen molar-refractivity contribution in [1.82, 2.24) is 24.7 Å². The smallest absolute Gasteiger partial charge is 0.242 e. The molecule has 9 heteroatoms. The van der Waals surface area contributed by atoms with Crippen LogP contribution in [0.3, 0.4) is 0 Å². The van der Waals surface area contributed by atoms with Gasteiger partial charge in [-0.2, -0.15) is 4.98 Å². The fourth-order valence-electron chi connectivity index (χ4n) is 5.57. The van der Waals surface area contributed by atoms with E-state index >= 15 is 0 Å². The molecule has 172 valence electrons. The molecule has 2 fully saturated rings. The molecule has 1 saturated carbocycles. The number of aromatic nitrogens is 5. The second kappa shape index (κ2) is 8.48. The highest BCUT2D eigenvalue weighted by Crippen LogP contribution is 2.40. The van der Waals surface area contributed by atoms with Gasteiger partial charge in [-0.1, -0.05) is 11.6 Å². The minimum Gasteiger partial charge on any atom is -0.482 e. The molecule has 2 aliphatic heterocycles. The Bertz CT molecular complexity index is 1120. The average Bonchev–Trinajstić information content (AvgIpc) is 3.32. The first-order valence-electron chi connectivity index (χ1n) is 11.8. The maximum absolute atomic E-state index is 6.24. The lowest BCUT2D eigenvalue weighted by Gasteiger charge is -2.38. The molecule has 1 aliphatic carbocycles. The van der Waals surface area contributed by atoms with E-state index in [0.29, 0.717) is 22.9 Å². The summed E-state index contributed by atoms with van der Waals surface area (Å²) in [5.41, 5.74) is 1.01. The molecular weight excluding hydrogens is 438 g/mol. The third-order valence-corrected chi connectivity index (χ3v) is 7.41. The summed E-state index contributed by atoms with van der Waals surface area (Å²) in [5.74, 6) is 4.59. The summed E-state index contributed by atoms with van der Waals surface area (Å²) >= 11 is 6.01. The largest absolute Gasteiger partial charge is 0.482 e. The molecule has 6 rings (SSSR count). The molecule has 1 saturated heterocycles. The Morgan fingerprint density at radius 3 is 2.61 bits per heavy atom. The van der Waals surface area contributed by atoms with Crippen LogP contribution < -0.4 is 15.0 Å². The molecule has 3 aromatic rings. The van der Waals surface area contributed by atoms with Crippen LogP contribution in [0.15, 0.2) is 36.7 Å². The molecule has 8 nitrogen and oxygen atoms in total. The fourth-order valence-corrected chi connectivity index (χ4v) is 5.70. The van der Waals surface area contributed by atoms with Crippen molar-refractivity contribution in [3.8, 4) is 5.75 Å². The van der Waals surface area contributed by atoms with Crippen LogP contribution in [-0.4, -0.2) is 43.9 Å². The van der Waals surface area contributed by atoms with Gasteiger partial charge in [-0.25, -0.2) is 14.6 Å². The van der Waals surface area contributed by atoms with Crippen molar-refractivity contribution in [1.29, 1.82) is 0 Å². The van der Waals surface area contributed by atoms with E-state index in [4.69, 9.17) is 26.4 Å². The van der Waals surface area contributed by atoms with Crippen LogP contribution in [0, 0.1) is 18.8 Å². The number of nitrogens with zero attached hydrogens (tertiary/aromatic N) is 6. The lowest BCUT2D eigenvalue weighted by molar-refractivity contribution is 0.155. The van der Waals surface area contributed by atoms with Gasteiger partial charge in [0.05, 0.1) is 0 Å². The van der Waals surface area contributed by atoms with E-state index in [0.717, 1.165) is 61.5 Å². The third kappa shape index (κ3) is 4.12. The maximum Gasteiger partial charge on any atom is 0.242 e. The van der Waals surface area contributed by atoms with E-state index in [-0.39, 0.29) is 6.10 Å². The predicted molar refractivity (Wildman–Crippen MR) is 127 cm³/mol. The second-order valence-electron chi connectivity index (χ2n) is 9.41. The van der Waals surface area contributed by atoms with Gasteiger partial charge >= 0.3 is 0 Å². The first-order chi connectivity index (χ1) is 16.1. The van der Waals surface area contributed by atoms with E-state index in [1.54, 1.807) is 6.33 Å². The van der Waals surface area contributed by atoms with Crippen molar-refractivity contribution in [3.63, 3.8) is 0 Å². The first kappa shape index (κ1) is 20.7. The molecule has 0 spiro atoms. The minimum atomic E-state index is -0.0949. The van der Waals surface area contributed by atoms with Crippen LogP contribution in [0.1, 0.15) is 43.3 Å². The number of hydrogen-bond acceptors (Lipinski definition) is 7. The molecule has 0 unspecified atom stereocenters. The molecule has 0 radical (unpaired) electrons.